The van der Waals surface area contributed by atoms with Crippen molar-refractivity contribution in [2.24, 2.45) is 5.84 Å². The molecule has 0 fully saturated rings. The summed E-state index contributed by atoms with van der Waals surface area (Å²) in [5, 5.41) is 24.6. The van der Waals surface area contributed by atoms with Crippen molar-refractivity contribution in [3.63, 3.8) is 0 Å². The molecule has 0 unspecified atom stereocenters. The molecule has 2 aromatic heterocycles. The van der Waals surface area contributed by atoms with Crippen molar-refractivity contribution < 1.29 is 13.3 Å². The van der Waals surface area contributed by atoms with Gasteiger partial charge in [-0.2, -0.15) is 10.4 Å². The summed E-state index contributed by atoms with van der Waals surface area (Å²) in [5.74, 6) is 5.37. The fourth-order valence-electron chi connectivity index (χ4n) is 2.65. The Morgan fingerprint density at radius 1 is 1.48 bits per heavy atom. The van der Waals surface area contributed by atoms with Crippen LogP contribution in [0.4, 0.5) is 0 Å². The van der Waals surface area contributed by atoms with E-state index in [0.29, 0.717) is 21.1 Å². The Kier molecular flexibility index (Phi) is 4.63. The molecule has 138 valence electrons. The first kappa shape index (κ1) is 18.5. The molecule has 1 aliphatic rings. The fourth-order valence-corrected chi connectivity index (χ4v) is 3.60. The molecule has 27 heavy (non-hydrogen) atoms. The summed E-state index contributed by atoms with van der Waals surface area (Å²) in [5.41, 5.74) is 1.47. The van der Waals surface area contributed by atoms with Gasteiger partial charge >= 0.3 is 0 Å². The minimum Gasteiger partial charge on any atom is -0.258 e. The number of hydrogen-bond acceptors (Lipinski definition) is 7. The van der Waals surface area contributed by atoms with Crippen LogP contribution < -0.4 is 5.84 Å². The van der Waals surface area contributed by atoms with Gasteiger partial charge in [0.2, 0.25) is 0 Å². The second kappa shape index (κ2) is 6.76. The lowest BCUT2D eigenvalue weighted by Crippen LogP contribution is -2.34. The van der Waals surface area contributed by atoms with E-state index >= 15 is 0 Å². The average molecular weight is 386 g/mol. The Labute approximate surface area is 154 Å². The first-order valence-corrected chi connectivity index (χ1v) is 9.05. The van der Waals surface area contributed by atoms with Crippen molar-refractivity contribution in [3.8, 4) is 6.07 Å². The highest BCUT2D eigenvalue weighted by Gasteiger charge is 2.29. The van der Waals surface area contributed by atoms with E-state index in [-0.39, 0.29) is 22.6 Å². The molecule has 2 heterocycles. The van der Waals surface area contributed by atoms with Crippen LogP contribution in [0, 0.1) is 21.4 Å². The van der Waals surface area contributed by atoms with Crippen molar-refractivity contribution in [2.75, 3.05) is 7.05 Å². The minimum absolute atomic E-state index is 0.0569. The van der Waals surface area contributed by atoms with Crippen LogP contribution >= 0.6 is 0 Å². The normalized spacial score (nSPS) is 16.3. The van der Waals surface area contributed by atoms with Gasteiger partial charge in [0.05, 0.1) is 33.2 Å². The number of nitro groups is 1. The Balaban J connectivity index is 2.12. The number of aromatic nitrogens is 2. The van der Waals surface area contributed by atoms with Gasteiger partial charge in [-0.3, -0.25) is 16.0 Å². The highest BCUT2D eigenvalue weighted by atomic mass is 32.2. The predicted molar refractivity (Wildman–Crippen MR) is 96.5 cm³/mol. The van der Waals surface area contributed by atoms with Gasteiger partial charge in [0, 0.05) is 36.9 Å². The van der Waals surface area contributed by atoms with Gasteiger partial charge in [-0.1, -0.05) is 0 Å². The Bertz CT molecular complexity index is 1180. The smallest absolute Gasteiger partial charge is 0.258 e. The predicted octanol–water partition coefficient (Wildman–Crippen LogP) is 1.17. The van der Waals surface area contributed by atoms with Crippen LogP contribution in [0.2, 0.25) is 0 Å². The third kappa shape index (κ3) is 3.36. The summed E-state index contributed by atoms with van der Waals surface area (Å²) < 4.78 is 26.6. The monoisotopic (exact) mass is 386 g/mol. The van der Waals surface area contributed by atoms with Crippen molar-refractivity contribution >= 4 is 21.6 Å². The maximum atomic E-state index is 12.3. The van der Waals surface area contributed by atoms with Gasteiger partial charge in [-0.15, -0.1) is 4.41 Å². The molecule has 0 aliphatic heterocycles. The standard InChI is InChI=1S/C16H14N6O4S/c1-20(18)27(25,26)14-2-3-15(22(23)24)12(8-14)7-13-10-19-21-5-4-11(9-17)6-16(13)21/h2-7,10H,8,18H2,1H3. The molecule has 2 N–H and O–H groups in total. The van der Waals surface area contributed by atoms with E-state index in [2.05, 4.69) is 5.10 Å². The SMILES string of the molecule is CN(N)S(=O)(=O)C1=CC=C([N+](=O)[O-])C(=Cc2cnn3ccc(C#N)cc23)C1. The number of hydrogen-bond donors (Lipinski definition) is 1. The van der Waals surface area contributed by atoms with E-state index in [1.54, 1.807) is 18.3 Å². The third-order valence-electron chi connectivity index (χ3n) is 4.04. The number of hydrazine groups is 1. The second-order valence-electron chi connectivity index (χ2n) is 5.77. The molecule has 1 aliphatic carbocycles. The number of fused-ring (bicyclic) bond motifs is 1. The van der Waals surface area contributed by atoms with Gasteiger partial charge in [0.25, 0.3) is 15.7 Å². The summed E-state index contributed by atoms with van der Waals surface area (Å²) in [7, 11) is -2.73. The minimum atomic E-state index is -3.91. The first-order valence-electron chi connectivity index (χ1n) is 7.61. The molecule has 0 spiro atoms. The largest absolute Gasteiger partial charge is 0.272 e. The van der Waals surface area contributed by atoms with E-state index in [1.165, 1.54) is 29.9 Å². The topological polar surface area (TPSA) is 148 Å². The molecule has 0 bridgehead atoms. The number of nitrogens with zero attached hydrogens (tertiary/aromatic N) is 5. The molecule has 0 amide bonds. The molecule has 0 radical (unpaired) electrons. The molecule has 10 nitrogen and oxygen atoms in total. The van der Waals surface area contributed by atoms with Gasteiger partial charge in [0.15, 0.2) is 0 Å². The molecular formula is C16H14N6O4S. The number of pyridine rings is 1. The van der Waals surface area contributed by atoms with E-state index in [0.717, 1.165) is 6.08 Å². The summed E-state index contributed by atoms with van der Waals surface area (Å²) in [6.07, 6.45) is 6.71. The zero-order chi connectivity index (χ0) is 19.8. The maximum Gasteiger partial charge on any atom is 0.272 e. The van der Waals surface area contributed by atoms with Crippen LogP contribution in [0.15, 0.2) is 52.9 Å². The van der Waals surface area contributed by atoms with E-state index in [1.807, 2.05) is 6.07 Å². The van der Waals surface area contributed by atoms with Crippen LogP contribution in [-0.2, 0) is 10.0 Å². The Hall–Kier alpha value is -3.33. The molecule has 11 heteroatoms. The summed E-state index contributed by atoms with van der Waals surface area (Å²) in [6.45, 7) is 0. The van der Waals surface area contributed by atoms with Gasteiger partial charge < -0.3 is 0 Å². The fraction of sp³-hybridized carbons (Fsp3) is 0.125. The van der Waals surface area contributed by atoms with Crippen LogP contribution in [0.1, 0.15) is 17.5 Å². The van der Waals surface area contributed by atoms with Crippen LogP contribution in [0.3, 0.4) is 0 Å². The van der Waals surface area contributed by atoms with E-state index < -0.39 is 14.9 Å². The molecule has 0 saturated heterocycles. The zero-order valence-electron chi connectivity index (χ0n) is 14.1. The van der Waals surface area contributed by atoms with Gasteiger partial charge in [-0.05, 0) is 24.3 Å². The lowest BCUT2D eigenvalue weighted by Gasteiger charge is -2.17. The number of nitrogens with two attached hydrogens (primary N) is 1. The summed E-state index contributed by atoms with van der Waals surface area (Å²) in [6, 6.07) is 5.20. The number of allylic oxidation sites excluding steroid dienone is 4. The zero-order valence-corrected chi connectivity index (χ0v) is 14.9. The molecule has 3 rings (SSSR count). The van der Waals surface area contributed by atoms with Crippen LogP contribution in [0.5, 0.6) is 0 Å². The molecule has 0 atom stereocenters. The van der Waals surface area contributed by atoms with Crippen molar-refractivity contribution in [2.45, 2.75) is 6.42 Å². The number of rotatable bonds is 4. The van der Waals surface area contributed by atoms with Crippen LogP contribution in [0.25, 0.3) is 11.6 Å². The first-order chi connectivity index (χ1) is 12.7. The van der Waals surface area contributed by atoms with Crippen molar-refractivity contribution in [1.82, 2.24) is 14.0 Å². The van der Waals surface area contributed by atoms with Gasteiger partial charge in [0.1, 0.15) is 0 Å². The van der Waals surface area contributed by atoms with Gasteiger partial charge in [-0.25, -0.2) is 12.9 Å². The average Bonchev–Trinajstić information content (AvgIpc) is 3.03. The molecule has 2 aromatic rings. The molecule has 0 aromatic carbocycles. The quantitative estimate of drug-likeness (QED) is 0.471. The highest BCUT2D eigenvalue weighted by Crippen LogP contribution is 2.31. The highest BCUT2D eigenvalue weighted by molar-refractivity contribution is 7.92. The number of sulfonamides is 1. The molecular weight excluding hydrogens is 372 g/mol. The third-order valence-corrected chi connectivity index (χ3v) is 5.74. The summed E-state index contributed by atoms with van der Waals surface area (Å²) in [4.78, 5) is 10.7. The number of nitriles is 1. The maximum absolute atomic E-state index is 12.3. The summed E-state index contributed by atoms with van der Waals surface area (Å²) >= 11 is 0. The van der Waals surface area contributed by atoms with Crippen molar-refractivity contribution in [3.05, 3.63) is 74.1 Å². The van der Waals surface area contributed by atoms with Crippen molar-refractivity contribution in [1.29, 1.82) is 5.26 Å². The Morgan fingerprint density at radius 2 is 2.22 bits per heavy atom. The van der Waals surface area contributed by atoms with E-state index in [4.69, 9.17) is 11.1 Å². The molecule has 0 saturated carbocycles. The lowest BCUT2D eigenvalue weighted by molar-refractivity contribution is -0.420. The van der Waals surface area contributed by atoms with E-state index in [9.17, 15) is 18.5 Å². The Morgan fingerprint density at radius 3 is 2.85 bits per heavy atom. The van der Waals surface area contributed by atoms with Crippen LogP contribution in [-0.4, -0.2) is 34.4 Å². The lowest BCUT2D eigenvalue weighted by atomic mass is 10.0. The second-order valence-corrected chi connectivity index (χ2v) is 7.82.